The molecule has 4 saturated heterocycles. The Morgan fingerprint density at radius 3 is 0.830 bits per heavy atom. The average Bonchev–Trinajstić information content (AvgIpc) is 1.49. The highest BCUT2D eigenvalue weighted by atomic mass is 19.4. The monoisotopic (exact) mass is 1500 g/mol. The lowest BCUT2D eigenvalue weighted by Gasteiger charge is -2.40. The summed E-state index contributed by atoms with van der Waals surface area (Å²) in [6, 6.07) is 23.9. The van der Waals surface area contributed by atoms with Gasteiger partial charge in [-0.1, -0.05) is 48.5 Å². The number of fused-ring (bicyclic) bond motifs is 8. The number of rotatable bonds is 16. The van der Waals surface area contributed by atoms with E-state index >= 15 is 26.3 Å². The predicted octanol–water partition coefficient (Wildman–Crippen LogP) is 0.0680. The molecule has 8 bridgehead atoms. The van der Waals surface area contributed by atoms with Crippen molar-refractivity contribution in [2.75, 3.05) is 26.4 Å². The number of benzene rings is 4. The molecular formula is C70H70F6N4O26. The van der Waals surface area contributed by atoms with Crippen molar-refractivity contribution in [3.63, 3.8) is 0 Å². The van der Waals surface area contributed by atoms with Crippen molar-refractivity contribution < 1.29 is 156 Å². The van der Waals surface area contributed by atoms with E-state index in [-0.39, 0.29) is 56.2 Å². The minimum Gasteiger partial charge on any atom is -0.462 e. The number of alkyl halides is 6. The van der Waals surface area contributed by atoms with Crippen LogP contribution in [0, 0.1) is 0 Å². The van der Waals surface area contributed by atoms with Crippen LogP contribution in [0.15, 0.2) is 121 Å². The van der Waals surface area contributed by atoms with Crippen LogP contribution in [0.3, 0.4) is 0 Å². The molecule has 10 unspecified atom stereocenters. The second-order valence-electron chi connectivity index (χ2n) is 25.9. The molecule has 13 rings (SSSR count). The quantitative estimate of drug-likeness (QED) is 0.0569. The van der Waals surface area contributed by atoms with Gasteiger partial charge in [0.05, 0.1) is 49.2 Å². The van der Waals surface area contributed by atoms with E-state index in [9.17, 15) is 91.9 Å². The fourth-order valence-electron chi connectivity index (χ4n) is 13.6. The third-order valence-corrected chi connectivity index (χ3v) is 19.2. The maximum Gasteiger partial charge on any atom is 0.426 e. The first-order valence-electron chi connectivity index (χ1n) is 32.7. The first kappa shape index (κ1) is 75.9. The summed E-state index contributed by atoms with van der Waals surface area (Å²) in [6.07, 6.45) is -47.5. The van der Waals surface area contributed by atoms with Crippen LogP contribution in [-0.4, -0.2) is 273 Å². The number of H-pyrrole nitrogens is 2. The van der Waals surface area contributed by atoms with Crippen LogP contribution in [-0.2, 0) is 30.1 Å². The Bertz CT molecular complexity index is 4300. The Labute approximate surface area is 592 Å². The highest BCUT2D eigenvalue weighted by molar-refractivity contribution is 5.98. The van der Waals surface area contributed by atoms with Crippen molar-refractivity contribution in [3.8, 4) is 67.5 Å². The van der Waals surface area contributed by atoms with Crippen LogP contribution in [0.25, 0.3) is 78.7 Å². The van der Waals surface area contributed by atoms with Crippen LogP contribution in [0.4, 0.5) is 26.3 Å². The summed E-state index contributed by atoms with van der Waals surface area (Å²) >= 11 is 0. The fraction of sp³-hybridized carbons (Fsp3) is 0.400. The zero-order valence-electron chi connectivity index (χ0n) is 54.6. The molecule has 0 radical (unpaired) electrons. The van der Waals surface area contributed by atoms with Crippen LogP contribution in [0.5, 0.6) is 23.0 Å². The molecule has 4 aromatic carbocycles. The molecule has 4 fully saturated rings. The Hall–Kier alpha value is -8.36. The summed E-state index contributed by atoms with van der Waals surface area (Å²) in [7, 11) is 0. The van der Waals surface area contributed by atoms with Gasteiger partial charge in [-0.05, 0) is 107 Å². The summed E-state index contributed by atoms with van der Waals surface area (Å²) < 4.78 is 148. The molecule has 22 atom stereocenters. The van der Waals surface area contributed by atoms with Gasteiger partial charge in [0.2, 0.25) is 36.4 Å². The maximum atomic E-state index is 17.0. The lowest BCUT2D eigenvalue weighted by molar-refractivity contribution is -0.394. The molecule has 106 heavy (non-hydrogen) atoms. The van der Waals surface area contributed by atoms with Gasteiger partial charge >= 0.3 is 12.4 Å². The summed E-state index contributed by atoms with van der Waals surface area (Å²) in [5.41, 5.74) is -20.3. The van der Waals surface area contributed by atoms with E-state index in [0.29, 0.717) is 0 Å². The Balaban J connectivity index is 1.14. The standard InChI is InChI=1S/C70H70F6N4O26/c71-69(72,73)67(97)61-47(29-7-3-11-33(21-29)101-65-59(95)55(91)51(87)43(25-83)105-65)39-17-15-37(78-39)45(27-5-1-9-31(19-27)99-63-57(93)53(89)49(85)41(23-81)103-63)35-13-14-36(77-35)46(28-6-2-10-32(20-28)100-64-58(94)54(90)50(86)42(24-82)104-64)38-16-18-40(79-38)48(62(80-61)68(67,98)70(74,75)76)30-8-4-12-34(22-30)102-66-60(96)56(92)52(88)44(26-84)106-66/h1-22,41-44,49-60,63-66,78-79,81-98H,23-26H2/t41?,42?,43-,44?,49-,50-,51?,52-,53+,54+,55-,56+,57?,58?,59-,60?,63-,64-,65?,66-,67?,68?/m1/s1. The lowest BCUT2D eigenvalue weighted by atomic mass is 9.75. The van der Waals surface area contributed by atoms with E-state index < -0.39 is 229 Å². The number of aromatic amines is 2. The number of aromatic nitrogens is 4. The number of nitrogens with zero attached hydrogens (tertiary/aromatic N) is 2. The number of hydrogen-bond donors (Lipinski definition) is 20. The van der Waals surface area contributed by atoms with Gasteiger partial charge in [0.25, 0.3) is 0 Å². The first-order chi connectivity index (χ1) is 50.3. The van der Waals surface area contributed by atoms with Gasteiger partial charge in [0.1, 0.15) is 121 Å². The molecule has 6 aliphatic heterocycles. The summed E-state index contributed by atoms with van der Waals surface area (Å²) in [4.78, 5) is 15.2. The number of ether oxygens (including phenoxy) is 8. The fourth-order valence-corrected chi connectivity index (χ4v) is 13.6. The summed E-state index contributed by atoms with van der Waals surface area (Å²) in [6.45, 7) is -3.61. The number of halogens is 6. The van der Waals surface area contributed by atoms with E-state index in [1.807, 2.05) is 0 Å². The number of aliphatic hydroxyl groups excluding tert-OH is 16. The largest absolute Gasteiger partial charge is 0.462 e. The van der Waals surface area contributed by atoms with Crippen molar-refractivity contribution in [2.45, 2.75) is 146 Å². The SMILES string of the molecule is OCC1O[C@@H](Oc2cccc(-c3c4nc(c(-c5cccc(O[C@@H]6OC(CO)[C@@H](O)[C@H](O)C6O)c5)c5ccc([nH]5)c(-c5cccc(O[C@@H]6OC(CO)[C@@H](O)[C@H](O)C6O)c5)c5nc(c(-c6cccc(OC7O[C@H](CO)C(O)[C@@H](O)[C@H]7O)c6)c6ccc3[nH]6)C(O)(C(F)(F)F)C5(O)C(F)(F)F)C=C4)c2)C(O)[C@@H](O)[C@@H]1O. The molecule has 20 N–H and O–H groups in total. The first-order valence-corrected chi connectivity index (χ1v) is 32.7. The third-order valence-electron chi connectivity index (χ3n) is 19.2. The van der Waals surface area contributed by atoms with Gasteiger partial charge in [-0.25, -0.2) is 9.97 Å². The van der Waals surface area contributed by atoms with Crippen molar-refractivity contribution in [3.05, 3.63) is 144 Å². The third kappa shape index (κ3) is 13.3. The minimum atomic E-state index is -6.66. The zero-order chi connectivity index (χ0) is 76.0. The maximum absolute atomic E-state index is 17.0. The van der Waals surface area contributed by atoms with Gasteiger partial charge in [-0.2, -0.15) is 26.3 Å². The van der Waals surface area contributed by atoms with Gasteiger partial charge in [-0.3, -0.25) is 0 Å². The Kier molecular flexibility index (Phi) is 21.0. The number of hydrogen-bond acceptors (Lipinski definition) is 28. The van der Waals surface area contributed by atoms with Crippen molar-refractivity contribution in [1.29, 1.82) is 0 Å². The molecule has 36 heteroatoms. The van der Waals surface area contributed by atoms with Crippen molar-refractivity contribution in [2.24, 2.45) is 0 Å². The van der Waals surface area contributed by atoms with Gasteiger partial charge in [-0.15, -0.1) is 0 Å². The smallest absolute Gasteiger partial charge is 0.426 e. The van der Waals surface area contributed by atoms with Crippen molar-refractivity contribution >= 4 is 34.2 Å². The summed E-state index contributed by atoms with van der Waals surface area (Å²) in [5.74, 6) is -1.33. The van der Waals surface area contributed by atoms with Crippen molar-refractivity contribution in [1.82, 2.24) is 19.9 Å². The number of aliphatic hydroxyl groups is 18. The van der Waals surface area contributed by atoms with Crippen LogP contribution >= 0.6 is 0 Å². The minimum absolute atomic E-state index is 0.0333. The summed E-state index contributed by atoms with van der Waals surface area (Å²) in [5, 5.41) is 195. The molecule has 30 nitrogen and oxygen atoms in total. The Morgan fingerprint density at radius 2 is 0.585 bits per heavy atom. The lowest BCUT2D eigenvalue weighted by Crippen LogP contribution is -2.63. The highest BCUT2D eigenvalue weighted by Crippen LogP contribution is 2.63. The molecule has 7 aromatic rings. The number of nitrogens with one attached hydrogen (secondary N) is 2. The van der Waals surface area contributed by atoms with Crippen LogP contribution in [0.2, 0.25) is 0 Å². The van der Waals surface area contributed by atoms with E-state index in [1.165, 1.54) is 72.8 Å². The van der Waals surface area contributed by atoms with Crippen LogP contribution in [0.1, 0.15) is 22.8 Å². The van der Waals surface area contributed by atoms with Gasteiger partial charge in [0, 0.05) is 44.3 Å². The van der Waals surface area contributed by atoms with E-state index in [2.05, 4.69) is 15.0 Å². The van der Waals surface area contributed by atoms with Crippen LogP contribution < -0.4 is 18.9 Å². The highest BCUT2D eigenvalue weighted by Gasteiger charge is 2.82. The van der Waals surface area contributed by atoms with Gasteiger partial charge < -0.3 is 140 Å². The average molecular weight is 1500 g/mol. The molecule has 6 aliphatic rings. The Morgan fingerprint density at radius 1 is 0.340 bits per heavy atom. The second-order valence-corrected chi connectivity index (χ2v) is 25.9. The molecule has 0 saturated carbocycles. The molecule has 9 heterocycles. The van der Waals surface area contributed by atoms with E-state index in [4.69, 9.17) is 42.9 Å². The zero-order valence-corrected chi connectivity index (χ0v) is 54.6. The normalized spacial score (nSPS) is 32.8. The second kappa shape index (κ2) is 29.3. The van der Waals surface area contributed by atoms with E-state index in [0.717, 1.165) is 60.7 Å². The predicted molar refractivity (Wildman–Crippen MR) is 349 cm³/mol. The molecule has 3 aromatic heterocycles. The molecule has 568 valence electrons. The molecule has 0 aliphatic carbocycles. The van der Waals surface area contributed by atoms with E-state index in [1.54, 1.807) is 0 Å². The topological polar surface area (TPSA) is 495 Å². The molecule has 0 amide bonds. The molecule has 0 spiro atoms. The van der Waals surface area contributed by atoms with Gasteiger partial charge in [0.15, 0.2) is 0 Å². The molecular weight excluding hydrogens is 1430 g/mol.